The lowest BCUT2D eigenvalue weighted by Crippen LogP contribution is -1.95. The fraction of sp³-hybridized carbons (Fsp3) is 0.0833. The Bertz CT molecular complexity index is 586. The van der Waals surface area contributed by atoms with Gasteiger partial charge in [-0.2, -0.15) is 0 Å². The van der Waals surface area contributed by atoms with E-state index in [0.717, 1.165) is 5.56 Å². The molecule has 2 aromatic rings. The molecule has 1 aliphatic rings. The minimum Gasteiger partial charge on any atom is -0.454 e. The average molecular weight is 216 g/mol. The molecule has 0 fully saturated rings. The highest BCUT2D eigenvalue weighted by molar-refractivity contribution is 5.62. The van der Waals surface area contributed by atoms with Gasteiger partial charge in [0.2, 0.25) is 6.79 Å². The fourth-order valence-electron chi connectivity index (χ4n) is 1.60. The summed E-state index contributed by atoms with van der Waals surface area (Å²) >= 11 is 0. The summed E-state index contributed by atoms with van der Waals surface area (Å²) in [5, 5.41) is 0. The first-order valence-electron chi connectivity index (χ1n) is 4.83. The predicted octanol–water partition coefficient (Wildman–Crippen LogP) is 2.04. The highest BCUT2D eigenvalue weighted by Gasteiger charge is 2.14. The number of rotatable bonds is 1. The van der Waals surface area contributed by atoms with E-state index >= 15 is 0 Å². The molecular formula is C12H8O4. The molecule has 4 nitrogen and oxygen atoms in total. The van der Waals surface area contributed by atoms with Crippen molar-refractivity contribution in [2.45, 2.75) is 0 Å². The molecule has 0 N–H and O–H groups in total. The van der Waals surface area contributed by atoms with Gasteiger partial charge in [0.1, 0.15) is 5.76 Å². The third kappa shape index (κ3) is 1.44. The first-order chi connectivity index (χ1) is 7.83. The molecule has 0 atom stereocenters. The Morgan fingerprint density at radius 3 is 2.75 bits per heavy atom. The van der Waals surface area contributed by atoms with Crippen LogP contribution < -0.4 is 15.1 Å². The number of benzene rings is 1. The Morgan fingerprint density at radius 2 is 1.88 bits per heavy atom. The maximum absolute atomic E-state index is 11.1. The van der Waals surface area contributed by atoms with Crippen molar-refractivity contribution in [3.8, 4) is 22.8 Å². The third-order valence-corrected chi connectivity index (χ3v) is 2.35. The van der Waals surface area contributed by atoms with E-state index < -0.39 is 0 Å². The lowest BCUT2D eigenvalue weighted by atomic mass is 10.1. The summed E-state index contributed by atoms with van der Waals surface area (Å²) < 4.78 is 15.5. The quantitative estimate of drug-likeness (QED) is 0.731. The minimum absolute atomic E-state index is 0.234. The maximum Gasteiger partial charge on any atom is 0.336 e. The van der Waals surface area contributed by atoms with Crippen molar-refractivity contribution in [2.24, 2.45) is 0 Å². The summed E-state index contributed by atoms with van der Waals surface area (Å²) in [6, 6.07) is 10.2. The molecule has 0 aliphatic carbocycles. The molecule has 1 aromatic carbocycles. The molecule has 0 radical (unpaired) electrons. The molecule has 0 saturated heterocycles. The summed E-state index contributed by atoms with van der Waals surface area (Å²) in [6.07, 6.45) is 0. The van der Waals surface area contributed by atoms with Crippen molar-refractivity contribution in [1.82, 2.24) is 0 Å². The fourth-order valence-corrected chi connectivity index (χ4v) is 1.60. The van der Waals surface area contributed by atoms with Crippen molar-refractivity contribution in [2.75, 3.05) is 6.79 Å². The normalized spacial score (nSPS) is 12.8. The molecule has 16 heavy (non-hydrogen) atoms. The van der Waals surface area contributed by atoms with Gasteiger partial charge in [-0.15, -0.1) is 0 Å². The van der Waals surface area contributed by atoms with Gasteiger partial charge in [-0.05, 0) is 24.3 Å². The van der Waals surface area contributed by atoms with Gasteiger partial charge in [0.15, 0.2) is 11.5 Å². The smallest absolute Gasteiger partial charge is 0.336 e. The van der Waals surface area contributed by atoms with Crippen LogP contribution in [-0.4, -0.2) is 6.79 Å². The Balaban J connectivity index is 2.10. The number of hydrogen-bond acceptors (Lipinski definition) is 4. The van der Waals surface area contributed by atoms with Gasteiger partial charge >= 0.3 is 5.63 Å². The molecule has 2 heterocycles. The summed E-state index contributed by atoms with van der Waals surface area (Å²) in [5.41, 5.74) is 0.428. The Labute approximate surface area is 91.0 Å². The van der Waals surface area contributed by atoms with E-state index in [1.54, 1.807) is 24.3 Å². The lowest BCUT2D eigenvalue weighted by Gasteiger charge is -2.01. The molecule has 3 rings (SSSR count). The molecule has 80 valence electrons. The van der Waals surface area contributed by atoms with Crippen LogP contribution in [0.15, 0.2) is 45.6 Å². The van der Waals surface area contributed by atoms with Crippen LogP contribution in [0.2, 0.25) is 0 Å². The molecule has 1 aliphatic heterocycles. The van der Waals surface area contributed by atoms with Crippen LogP contribution in [-0.2, 0) is 0 Å². The first-order valence-corrected chi connectivity index (χ1v) is 4.83. The zero-order valence-electron chi connectivity index (χ0n) is 8.30. The molecule has 0 spiro atoms. The van der Waals surface area contributed by atoms with Gasteiger partial charge in [0.25, 0.3) is 0 Å². The third-order valence-electron chi connectivity index (χ3n) is 2.35. The monoisotopic (exact) mass is 216 g/mol. The molecule has 0 amide bonds. The van der Waals surface area contributed by atoms with Crippen LogP contribution in [0.3, 0.4) is 0 Å². The molecule has 1 aromatic heterocycles. The summed E-state index contributed by atoms with van der Waals surface area (Å²) in [6.45, 7) is 0.234. The van der Waals surface area contributed by atoms with E-state index in [-0.39, 0.29) is 12.4 Å². The second-order valence-electron chi connectivity index (χ2n) is 3.38. The second-order valence-corrected chi connectivity index (χ2v) is 3.38. The van der Waals surface area contributed by atoms with Crippen molar-refractivity contribution in [3.05, 3.63) is 46.8 Å². The molecule has 0 unspecified atom stereocenters. The van der Waals surface area contributed by atoms with Crippen molar-refractivity contribution in [1.29, 1.82) is 0 Å². The van der Waals surface area contributed by atoms with Gasteiger partial charge in [0.05, 0.1) is 0 Å². The van der Waals surface area contributed by atoms with Crippen LogP contribution in [0.25, 0.3) is 11.3 Å². The SMILES string of the molecule is O=c1cccc(-c2ccc3c(c2)OCO3)o1. The van der Waals surface area contributed by atoms with Gasteiger partial charge in [-0.25, -0.2) is 4.79 Å². The first kappa shape index (κ1) is 9.03. The predicted molar refractivity (Wildman–Crippen MR) is 56.5 cm³/mol. The van der Waals surface area contributed by atoms with Crippen molar-refractivity contribution >= 4 is 0 Å². The van der Waals surface area contributed by atoms with Crippen molar-refractivity contribution < 1.29 is 13.9 Å². The molecular weight excluding hydrogens is 208 g/mol. The van der Waals surface area contributed by atoms with Gasteiger partial charge in [-0.1, -0.05) is 6.07 Å². The molecule has 0 bridgehead atoms. The Morgan fingerprint density at radius 1 is 1.00 bits per heavy atom. The summed E-state index contributed by atoms with van der Waals surface area (Å²) in [5.74, 6) is 1.90. The zero-order chi connectivity index (χ0) is 11.0. The number of hydrogen-bond donors (Lipinski definition) is 0. The van der Waals surface area contributed by atoms with E-state index in [1.807, 2.05) is 6.07 Å². The van der Waals surface area contributed by atoms with Crippen molar-refractivity contribution in [3.63, 3.8) is 0 Å². The van der Waals surface area contributed by atoms with Crippen LogP contribution in [0, 0.1) is 0 Å². The minimum atomic E-state index is -0.366. The zero-order valence-corrected chi connectivity index (χ0v) is 8.30. The lowest BCUT2D eigenvalue weighted by molar-refractivity contribution is 0.174. The standard InChI is InChI=1S/C12H8O4/c13-12-3-1-2-9(16-12)8-4-5-10-11(6-8)15-7-14-10/h1-6H,7H2. The number of fused-ring (bicyclic) bond motifs is 1. The highest BCUT2D eigenvalue weighted by Crippen LogP contribution is 2.35. The van der Waals surface area contributed by atoms with E-state index in [9.17, 15) is 4.79 Å². The summed E-state index contributed by atoms with van der Waals surface area (Å²) in [4.78, 5) is 11.1. The van der Waals surface area contributed by atoms with Crippen LogP contribution in [0.4, 0.5) is 0 Å². The largest absolute Gasteiger partial charge is 0.454 e. The number of ether oxygens (including phenoxy) is 2. The summed E-state index contributed by atoms with van der Waals surface area (Å²) in [7, 11) is 0. The average Bonchev–Trinajstić information content (AvgIpc) is 2.75. The molecule has 4 heteroatoms. The second kappa shape index (κ2) is 3.41. The van der Waals surface area contributed by atoms with Gasteiger partial charge < -0.3 is 13.9 Å². The Kier molecular flexibility index (Phi) is 1.93. The topological polar surface area (TPSA) is 48.7 Å². The Hall–Kier alpha value is -2.23. The van der Waals surface area contributed by atoms with Crippen LogP contribution in [0.5, 0.6) is 11.5 Å². The maximum atomic E-state index is 11.1. The van der Waals surface area contributed by atoms with E-state index in [4.69, 9.17) is 13.9 Å². The van der Waals surface area contributed by atoms with E-state index in [1.165, 1.54) is 6.07 Å². The van der Waals surface area contributed by atoms with Crippen LogP contribution in [0.1, 0.15) is 0 Å². The molecule has 0 saturated carbocycles. The van der Waals surface area contributed by atoms with Gasteiger partial charge in [-0.3, -0.25) is 0 Å². The van der Waals surface area contributed by atoms with Gasteiger partial charge in [0, 0.05) is 11.6 Å². The van der Waals surface area contributed by atoms with Crippen LogP contribution >= 0.6 is 0 Å². The highest BCUT2D eigenvalue weighted by atomic mass is 16.7. The van der Waals surface area contributed by atoms with E-state index in [2.05, 4.69) is 0 Å². The van der Waals surface area contributed by atoms with E-state index in [0.29, 0.717) is 17.3 Å².